The van der Waals surface area contributed by atoms with E-state index < -0.39 is 0 Å². The number of aromatic nitrogens is 4. The van der Waals surface area contributed by atoms with E-state index >= 15 is 0 Å². The van der Waals surface area contributed by atoms with Crippen molar-refractivity contribution in [2.75, 3.05) is 5.32 Å². The van der Waals surface area contributed by atoms with Gasteiger partial charge in [0.2, 0.25) is 6.41 Å². The fraction of sp³-hybridized carbons (Fsp3) is 0.211. The molecule has 1 saturated carbocycles. The van der Waals surface area contributed by atoms with Gasteiger partial charge in [-0.05, 0) is 30.7 Å². The van der Waals surface area contributed by atoms with Crippen LogP contribution in [0.15, 0.2) is 43.0 Å². The molecule has 0 atom stereocenters. The Morgan fingerprint density at radius 1 is 1.20 bits per heavy atom. The van der Waals surface area contributed by atoms with Crippen molar-refractivity contribution >= 4 is 28.9 Å². The average Bonchev–Trinajstić information content (AvgIpc) is 3.39. The summed E-state index contributed by atoms with van der Waals surface area (Å²) in [6.07, 6.45) is 12.7. The van der Waals surface area contributed by atoms with E-state index in [1.54, 1.807) is 6.20 Å². The third-order valence-electron chi connectivity index (χ3n) is 4.08. The molecule has 25 heavy (non-hydrogen) atoms. The summed E-state index contributed by atoms with van der Waals surface area (Å²) in [5.41, 5.74) is 4.92. The highest BCUT2D eigenvalue weighted by atomic mass is 16.1. The molecule has 0 bridgehead atoms. The maximum Gasteiger partial charge on any atom is 0.212 e. The molecule has 4 heterocycles. The average molecular weight is 333 g/mol. The molecule has 0 radical (unpaired) electrons. The Morgan fingerprint density at radius 2 is 2.04 bits per heavy atom. The van der Waals surface area contributed by atoms with E-state index in [9.17, 15) is 4.79 Å². The van der Waals surface area contributed by atoms with Gasteiger partial charge in [-0.3, -0.25) is 4.79 Å². The minimum Gasteiger partial charge on any atom is -0.346 e. The van der Waals surface area contributed by atoms with Crippen molar-refractivity contribution in [3.8, 4) is 11.1 Å². The first-order chi connectivity index (χ1) is 12.2. The standard InChI is InChI=1S/C16H13N5O.C3H6/c1-10-5-17-16-13(10)4-12(6-18-16)11-2-3-15-20-14(19-9-22)8-21(15)7-11;1-2-3-1/h2-9H,1H3,(H,17,18)(H,19,22);1-3H2. The fourth-order valence-corrected chi connectivity index (χ4v) is 2.59. The number of imidazole rings is 1. The number of aryl methyl sites for hydroxylation is 1. The van der Waals surface area contributed by atoms with Crippen LogP contribution in [0.2, 0.25) is 0 Å². The quantitative estimate of drug-likeness (QED) is 0.558. The van der Waals surface area contributed by atoms with Gasteiger partial charge in [0.15, 0.2) is 5.82 Å². The van der Waals surface area contributed by atoms with Gasteiger partial charge < -0.3 is 14.7 Å². The maximum atomic E-state index is 10.5. The van der Waals surface area contributed by atoms with Crippen LogP contribution in [0.25, 0.3) is 27.8 Å². The van der Waals surface area contributed by atoms with Crippen molar-refractivity contribution < 1.29 is 4.79 Å². The molecule has 1 fully saturated rings. The van der Waals surface area contributed by atoms with Crippen LogP contribution < -0.4 is 5.32 Å². The molecule has 126 valence electrons. The smallest absolute Gasteiger partial charge is 0.212 e. The molecule has 0 saturated heterocycles. The van der Waals surface area contributed by atoms with Crippen LogP contribution >= 0.6 is 0 Å². The van der Waals surface area contributed by atoms with Crippen LogP contribution in [0.1, 0.15) is 24.8 Å². The second kappa shape index (κ2) is 6.39. The fourth-order valence-electron chi connectivity index (χ4n) is 2.59. The molecule has 6 nitrogen and oxygen atoms in total. The molecule has 1 aliphatic rings. The van der Waals surface area contributed by atoms with Crippen molar-refractivity contribution in [2.45, 2.75) is 26.2 Å². The van der Waals surface area contributed by atoms with E-state index in [4.69, 9.17) is 0 Å². The Hall–Kier alpha value is -3.15. The van der Waals surface area contributed by atoms with E-state index in [1.807, 2.05) is 35.1 Å². The number of amides is 1. The van der Waals surface area contributed by atoms with Crippen molar-refractivity contribution in [3.63, 3.8) is 0 Å². The lowest BCUT2D eigenvalue weighted by molar-refractivity contribution is -0.105. The molecular weight excluding hydrogens is 314 g/mol. The first kappa shape index (κ1) is 15.4. The number of anilines is 1. The van der Waals surface area contributed by atoms with Gasteiger partial charge in [-0.25, -0.2) is 9.97 Å². The molecular formula is C19H19N5O. The van der Waals surface area contributed by atoms with Gasteiger partial charge in [0.25, 0.3) is 0 Å². The Bertz CT molecular complexity index is 1040. The number of H-pyrrole nitrogens is 1. The Kier molecular flexibility index (Phi) is 3.93. The molecule has 1 amide bonds. The number of carbonyl (C=O) groups excluding carboxylic acids is 1. The number of hydrogen-bond acceptors (Lipinski definition) is 3. The van der Waals surface area contributed by atoms with Gasteiger partial charge >= 0.3 is 0 Å². The number of pyridine rings is 2. The molecule has 4 aromatic heterocycles. The van der Waals surface area contributed by atoms with Crippen molar-refractivity contribution in [2.24, 2.45) is 0 Å². The number of carbonyl (C=O) groups is 1. The lowest BCUT2D eigenvalue weighted by Crippen LogP contribution is -1.92. The number of nitrogens with zero attached hydrogens (tertiary/aromatic N) is 3. The highest BCUT2D eigenvalue weighted by Crippen LogP contribution is 2.25. The number of aromatic amines is 1. The van der Waals surface area contributed by atoms with Gasteiger partial charge in [0.05, 0.1) is 6.20 Å². The number of nitrogens with one attached hydrogen (secondary N) is 2. The van der Waals surface area contributed by atoms with Gasteiger partial charge in [-0.15, -0.1) is 0 Å². The zero-order chi connectivity index (χ0) is 17.2. The second-order valence-electron chi connectivity index (χ2n) is 6.22. The molecule has 4 aromatic rings. The van der Waals surface area contributed by atoms with Gasteiger partial charge in [-0.1, -0.05) is 19.3 Å². The molecule has 2 N–H and O–H groups in total. The van der Waals surface area contributed by atoms with Crippen LogP contribution in [-0.4, -0.2) is 25.8 Å². The van der Waals surface area contributed by atoms with Crippen LogP contribution in [0, 0.1) is 6.92 Å². The van der Waals surface area contributed by atoms with E-state index in [-0.39, 0.29) is 0 Å². The van der Waals surface area contributed by atoms with Crippen molar-refractivity contribution in [3.05, 3.63) is 48.5 Å². The summed E-state index contributed by atoms with van der Waals surface area (Å²) in [6.45, 7) is 2.06. The molecule has 0 unspecified atom stereocenters. The Labute approximate surface area is 144 Å². The minimum atomic E-state index is 0.530. The molecule has 5 rings (SSSR count). The molecule has 6 heteroatoms. The lowest BCUT2D eigenvalue weighted by Gasteiger charge is -2.03. The molecule has 0 spiro atoms. The van der Waals surface area contributed by atoms with Crippen LogP contribution in [0.4, 0.5) is 5.82 Å². The molecule has 0 aromatic carbocycles. The zero-order valence-electron chi connectivity index (χ0n) is 14.0. The maximum absolute atomic E-state index is 10.5. The highest BCUT2D eigenvalue weighted by molar-refractivity contribution is 5.84. The highest BCUT2D eigenvalue weighted by Gasteiger charge is 2.07. The van der Waals surface area contributed by atoms with Crippen molar-refractivity contribution in [1.82, 2.24) is 19.4 Å². The van der Waals surface area contributed by atoms with E-state index in [2.05, 4.69) is 33.3 Å². The number of rotatable bonds is 3. The molecule has 0 aliphatic heterocycles. The first-order valence-corrected chi connectivity index (χ1v) is 8.37. The predicted molar refractivity (Wildman–Crippen MR) is 98.6 cm³/mol. The van der Waals surface area contributed by atoms with Gasteiger partial charge in [0, 0.05) is 35.1 Å². The van der Waals surface area contributed by atoms with E-state index in [1.165, 1.54) is 24.8 Å². The minimum absolute atomic E-state index is 0.530. The summed E-state index contributed by atoms with van der Waals surface area (Å²) in [5, 5.41) is 3.67. The first-order valence-electron chi connectivity index (χ1n) is 8.37. The van der Waals surface area contributed by atoms with Gasteiger partial charge in [-0.2, -0.15) is 0 Å². The summed E-state index contributed by atoms with van der Waals surface area (Å²) in [5.74, 6) is 0.530. The Morgan fingerprint density at radius 3 is 2.80 bits per heavy atom. The lowest BCUT2D eigenvalue weighted by atomic mass is 10.1. The van der Waals surface area contributed by atoms with Crippen LogP contribution in [-0.2, 0) is 4.79 Å². The predicted octanol–water partition coefficient (Wildman–Crippen LogP) is 3.92. The van der Waals surface area contributed by atoms with E-state index in [0.29, 0.717) is 12.2 Å². The number of fused-ring (bicyclic) bond motifs is 2. The summed E-state index contributed by atoms with van der Waals surface area (Å²) < 4.78 is 1.88. The monoisotopic (exact) mass is 333 g/mol. The van der Waals surface area contributed by atoms with E-state index in [0.717, 1.165) is 27.8 Å². The topological polar surface area (TPSA) is 75.1 Å². The largest absolute Gasteiger partial charge is 0.346 e. The normalized spacial score (nSPS) is 12.7. The summed E-state index contributed by atoms with van der Waals surface area (Å²) >= 11 is 0. The SMILES string of the molecule is C1CC1.Cc1c[nH]c2ncc(-c3ccc4nc(NC=O)cn4c3)cc12. The molecule has 1 aliphatic carbocycles. The van der Waals surface area contributed by atoms with Crippen LogP contribution in [0.3, 0.4) is 0 Å². The summed E-state index contributed by atoms with van der Waals surface area (Å²) in [6, 6.07) is 6.04. The Balaban J connectivity index is 0.000000474. The van der Waals surface area contributed by atoms with Gasteiger partial charge in [0.1, 0.15) is 11.3 Å². The van der Waals surface area contributed by atoms with Crippen molar-refractivity contribution in [1.29, 1.82) is 0 Å². The van der Waals surface area contributed by atoms with Crippen LogP contribution in [0.5, 0.6) is 0 Å². The number of hydrogen-bond donors (Lipinski definition) is 2. The summed E-state index contributed by atoms with van der Waals surface area (Å²) in [4.78, 5) is 22.4. The second-order valence-corrected chi connectivity index (χ2v) is 6.22. The third kappa shape index (κ3) is 3.24. The third-order valence-corrected chi connectivity index (χ3v) is 4.08. The zero-order valence-corrected chi connectivity index (χ0v) is 14.0. The summed E-state index contributed by atoms with van der Waals surface area (Å²) in [7, 11) is 0.